The first-order chi connectivity index (χ1) is 5.86. The molecular formula is C9H12N2O. The topological polar surface area (TPSA) is 52.0 Å². The van der Waals surface area contributed by atoms with Crippen LogP contribution in [0.3, 0.4) is 0 Å². The molecule has 2 fully saturated rings. The first kappa shape index (κ1) is 6.52. The van der Waals surface area contributed by atoms with Gasteiger partial charge in [0.2, 0.25) is 0 Å². The van der Waals surface area contributed by atoms with Gasteiger partial charge in [-0.25, -0.2) is 0 Å². The van der Waals surface area contributed by atoms with E-state index in [2.05, 4.69) is 5.16 Å². The quantitative estimate of drug-likeness (QED) is 0.688. The van der Waals surface area contributed by atoms with Crippen LogP contribution in [0.2, 0.25) is 0 Å². The van der Waals surface area contributed by atoms with E-state index in [1.807, 2.05) is 6.07 Å². The van der Waals surface area contributed by atoms with E-state index in [0.29, 0.717) is 11.7 Å². The summed E-state index contributed by atoms with van der Waals surface area (Å²) in [5, 5.41) is 3.71. The average molecular weight is 164 g/mol. The van der Waals surface area contributed by atoms with Gasteiger partial charge >= 0.3 is 0 Å². The third-order valence-corrected chi connectivity index (χ3v) is 3.28. The largest absolute Gasteiger partial charge is 0.381 e. The molecule has 0 aromatic carbocycles. The van der Waals surface area contributed by atoms with Gasteiger partial charge in [-0.3, -0.25) is 0 Å². The molecule has 3 rings (SSSR count). The Morgan fingerprint density at radius 3 is 2.75 bits per heavy atom. The van der Waals surface area contributed by atoms with Crippen LogP contribution in [0.25, 0.3) is 0 Å². The van der Waals surface area contributed by atoms with Crippen LogP contribution in [0.1, 0.15) is 30.9 Å². The number of fused-ring (bicyclic) bond motifs is 1. The molecule has 0 aliphatic heterocycles. The molecule has 2 aliphatic rings. The smallest absolute Gasteiger partial charge is 0.167 e. The first-order valence-electron chi connectivity index (χ1n) is 4.58. The fourth-order valence-electron chi connectivity index (χ4n) is 2.70. The minimum atomic E-state index is 0.523. The Labute approximate surface area is 70.9 Å². The fourth-order valence-corrected chi connectivity index (χ4v) is 2.70. The van der Waals surface area contributed by atoms with Crippen molar-refractivity contribution in [1.82, 2.24) is 5.16 Å². The summed E-state index contributed by atoms with van der Waals surface area (Å²) in [6.07, 6.45) is 4.14. The maximum atomic E-state index is 5.49. The Bertz CT molecular complexity index is 297. The lowest BCUT2D eigenvalue weighted by Gasteiger charge is -1.95. The van der Waals surface area contributed by atoms with Crippen LogP contribution in [-0.4, -0.2) is 5.16 Å². The van der Waals surface area contributed by atoms with E-state index in [1.54, 1.807) is 0 Å². The van der Waals surface area contributed by atoms with Gasteiger partial charge in [0.25, 0.3) is 0 Å². The van der Waals surface area contributed by atoms with Crippen LogP contribution in [0.4, 0.5) is 5.82 Å². The van der Waals surface area contributed by atoms with Crippen molar-refractivity contribution in [3.63, 3.8) is 0 Å². The summed E-state index contributed by atoms with van der Waals surface area (Å²) in [4.78, 5) is 0. The molecule has 1 aromatic rings. The van der Waals surface area contributed by atoms with Gasteiger partial charge in [0, 0.05) is 12.0 Å². The second-order valence-corrected chi connectivity index (χ2v) is 3.94. The molecule has 2 unspecified atom stereocenters. The second-order valence-electron chi connectivity index (χ2n) is 3.94. The van der Waals surface area contributed by atoms with Gasteiger partial charge in [-0.2, -0.15) is 0 Å². The van der Waals surface area contributed by atoms with Gasteiger partial charge in [0.05, 0.1) is 0 Å². The zero-order chi connectivity index (χ0) is 8.13. The Hall–Kier alpha value is -0.990. The molecule has 0 saturated heterocycles. The monoisotopic (exact) mass is 164 g/mol. The highest BCUT2D eigenvalue weighted by atomic mass is 16.5. The first-order valence-corrected chi connectivity index (χ1v) is 4.58. The summed E-state index contributed by atoms with van der Waals surface area (Å²) >= 11 is 0. The molecule has 0 spiro atoms. The van der Waals surface area contributed by atoms with E-state index in [-0.39, 0.29) is 0 Å². The molecule has 2 aliphatic carbocycles. The molecule has 64 valence electrons. The maximum absolute atomic E-state index is 5.49. The third-order valence-electron chi connectivity index (χ3n) is 3.28. The van der Waals surface area contributed by atoms with Gasteiger partial charge < -0.3 is 10.3 Å². The number of rotatable bonds is 1. The van der Waals surface area contributed by atoms with E-state index in [1.165, 1.54) is 19.3 Å². The van der Waals surface area contributed by atoms with E-state index in [9.17, 15) is 0 Å². The van der Waals surface area contributed by atoms with Gasteiger partial charge in [0.1, 0.15) is 5.76 Å². The SMILES string of the molecule is Nc1cc(C2C3CCCC32)on1. The summed E-state index contributed by atoms with van der Waals surface area (Å²) in [7, 11) is 0. The minimum Gasteiger partial charge on any atom is -0.381 e. The lowest BCUT2D eigenvalue weighted by atomic mass is 10.1. The van der Waals surface area contributed by atoms with Crippen molar-refractivity contribution in [2.45, 2.75) is 25.2 Å². The number of aromatic nitrogens is 1. The van der Waals surface area contributed by atoms with Crippen molar-refractivity contribution in [1.29, 1.82) is 0 Å². The average Bonchev–Trinajstić information content (AvgIpc) is 2.55. The number of hydrogen-bond acceptors (Lipinski definition) is 3. The predicted molar refractivity (Wildman–Crippen MR) is 44.5 cm³/mol. The van der Waals surface area contributed by atoms with Crippen LogP contribution < -0.4 is 5.73 Å². The van der Waals surface area contributed by atoms with E-state index >= 15 is 0 Å². The number of anilines is 1. The maximum Gasteiger partial charge on any atom is 0.167 e. The molecule has 0 radical (unpaired) electrons. The lowest BCUT2D eigenvalue weighted by Crippen LogP contribution is -1.84. The Balaban J connectivity index is 1.84. The van der Waals surface area contributed by atoms with Crippen LogP contribution in [0.5, 0.6) is 0 Å². The summed E-state index contributed by atoms with van der Waals surface area (Å²) < 4.78 is 5.15. The van der Waals surface area contributed by atoms with E-state index in [0.717, 1.165) is 17.6 Å². The van der Waals surface area contributed by atoms with Crippen molar-refractivity contribution in [3.05, 3.63) is 11.8 Å². The Kier molecular flexibility index (Phi) is 1.10. The molecule has 12 heavy (non-hydrogen) atoms. The predicted octanol–water partition coefficient (Wildman–Crippen LogP) is 1.77. The van der Waals surface area contributed by atoms with Crippen molar-refractivity contribution >= 4 is 5.82 Å². The van der Waals surface area contributed by atoms with Gasteiger partial charge in [-0.1, -0.05) is 11.6 Å². The highest BCUT2D eigenvalue weighted by Crippen LogP contribution is 2.63. The van der Waals surface area contributed by atoms with Crippen LogP contribution in [0.15, 0.2) is 10.6 Å². The summed E-state index contributed by atoms with van der Waals surface area (Å²) in [5.74, 6) is 3.97. The van der Waals surface area contributed by atoms with Crippen molar-refractivity contribution in [2.75, 3.05) is 5.73 Å². The Morgan fingerprint density at radius 1 is 1.42 bits per heavy atom. The summed E-state index contributed by atoms with van der Waals surface area (Å²) in [5.41, 5.74) is 5.49. The number of nitrogen functional groups attached to an aromatic ring is 1. The highest BCUT2D eigenvalue weighted by molar-refractivity contribution is 5.32. The van der Waals surface area contributed by atoms with Gasteiger partial charge in [-0.05, 0) is 24.7 Å². The molecule has 2 N–H and O–H groups in total. The zero-order valence-corrected chi connectivity index (χ0v) is 6.86. The molecule has 0 bridgehead atoms. The molecule has 2 saturated carbocycles. The van der Waals surface area contributed by atoms with E-state index < -0.39 is 0 Å². The molecule has 2 atom stereocenters. The molecule has 3 heteroatoms. The third kappa shape index (κ3) is 0.737. The number of nitrogens with two attached hydrogens (primary N) is 1. The molecule has 1 heterocycles. The number of hydrogen-bond donors (Lipinski definition) is 1. The lowest BCUT2D eigenvalue weighted by molar-refractivity contribution is 0.375. The van der Waals surface area contributed by atoms with Crippen molar-refractivity contribution in [2.24, 2.45) is 11.8 Å². The zero-order valence-electron chi connectivity index (χ0n) is 6.86. The van der Waals surface area contributed by atoms with Crippen molar-refractivity contribution < 1.29 is 4.52 Å². The normalized spacial score (nSPS) is 38.2. The van der Waals surface area contributed by atoms with Crippen LogP contribution >= 0.6 is 0 Å². The van der Waals surface area contributed by atoms with Crippen LogP contribution in [-0.2, 0) is 0 Å². The second kappa shape index (κ2) is 2.03. The van der Waals surface area contributed by atoms with E-state index in [4.69, 9.17) is 10.3 Å². The summed E-state index contributed by atoms with van der Waals surface area (Å²) in [6, 6.07) is 1.88. The minimum absolute atomic E-state index is 0.523. The Morgan fingerprint density at radius 2 is 2.17 bits per heavy atom. The number of nitrogens with zero attached hydrogens (tertiary/aromatic N) is 1. The molecule has 3 nitrogen and oxygen atoms in total. The van der Waals surface area contributed by atoms with Gasteiger partial charge in [-0.15, -0.1) is 0 Å². The van der Waals surface area contributed by atoms with Gasteiger partial charge in [0.15, 0.2) is 5.82 Å². The van der Waals surface area contributed by atoms with Crippen molar-refractivity contribution in [3.8, 4) is 0 Å². The highest BCUT2D eigenvalue weighted by Gasteiger charge is 2.55. The fraction of sp³-hybridized carbons (Fsp3) is 0.667. The molecule has 0 amide bonds. The summed E-state index contributed by atoms with van der Waals surface area (Å²) in [6.45, 7) is 0. The van der Waals surface area contributed by atoms with Crippen LogP contribution in [0, 0.1) is 11.8 Å². The standard InChI is InChI=1S/C9H12N2O/c10-8-4-7(12-11-8)9-5-2-1-3-6(5)9/h4-6,9H,1-3H2,(H2,10,11). The molecular weight excluding hydrogens is 152 g/mol. The molecule has 1 aromatic heterocycles.